The van der Waals surface area contributed by atoms with Crippen LogP contribution in [-0.4, -0.2) is 56.5 Å². The number of hydrogen-bond donors (Lipinski definition) is 2. The molecule has 2 N–H and O–H groups in total. The zero-order valence-electron chi connectivity index (χ0n) is 12.4. The van der Waals surface area contributed by atoms with Gasteiger partial charge in [-0.3, -0.25) is 0 Å². The van der Waals surface area contributed by atoms with Crippen molar-refractivity contribution in [3.8, 4) is 0 Å². The van der Waals surface area contributed by atoms with Gasteiger partial charge in [-0.2, -0.15) is 0 Å². The number of hydrogen-bond acceptors (Lipinski definition) is 6. The Hall–Kier alpha value is -1.25. The Labute approximate surface area is 120 Å². The van der Waals surface area contributed by atoms with Gasteiger partial charge in [0, 0.05) is 26.2 Å². The molecule has 1 rings (SSSR count). The van der Waals surface area contributed by atoms with Crippen LogP contribution in [0.4, 0.5) is 5.95 Å². The van der Waals surface area contributed by atoms with Gasteiger partial charge >= 0.3 is 0 Å². The molecule has 0 bridgehead atoms. The number of rotatable bonds is 8. The lowest BCUT2D eigenvalue weighted by Crippen LogP contribution is -2.37. The highest BCUT2D eigenvalue weighted by Gasteiger charge is 2.15. The number of likely N-dealkylation sites (N-methyl/N-ethyl adjacent to an activating group) is 1. The van der Waals surface area contributed by atoms with Crippen LogP contribution in [0.1, 0.15) is 20.3 Å². The molecule has 0 aromatic carbocycles. The first-order valence-corrected chi connectivity index (χ1v) is 8.08. The zero-order valence-corrected chi connectivity index (χ0v) is 13.2. The van der Waals surface area contributed by atoms with Crippen LogP contribution in [-0.2, 0) is 10.0 Å². The minimum absolute atomic E-state index is 0.0719. The normalized spacial score (nSPS) is 13.4. The van der Waals surface area contributed by atoms with E-state index in [1.54, 1.807) is 7.05 Å². The summed E-state index contributed by atoms with van der Waals surface area (Å²) in [5, 5.41) is 2.74. The van der Waals surface area contributed by atoms with Crippen LogP contribution in [0.2, 0.25) is 0 Å². The summed E-state index contributed by atoms with van der Waals surface area (Å²) in [6, 6.07) is 0.428. The fourth-order valence-electron chi connectivity index (χ4n) is 1.56. The zero-order chi connectivity index (χ0) is 15.2. The standard InChI is InChI=1S/C12H23N5O2S/c1-5-10(2)17(4)7-6-16-20(18,19)11-8-14-12(13-3)15-9-11/h8-10,16H,5-7H2,1-4H3,(H,13,14,15). The molecule has 0 radical (unpaired) electrons. The molecule has 1 heterocycles. The van der Waals surface area contributed by atoms with Crippen LogP contribution >= 0.6 is 0 Å². The van der Waals surface area contributed by atoms with Crippen molar-refractivity contribution in [1.29, 1.82) is 0 Å². The summed E-state index contributed by atoms with van der Waals surface area (Å²) < 4.78 is 26.6. The summed E-state index contributed by atoms with van der Waals surface area (Å²) in [5.41, 5.74) is 0. The van der Waals surface area contributed by atoms with Crippen molar-refractivity contribution in [2.24, 2.45) is 0 Å². The highest BCUT2D eigenvalue weighted by Crippen LogP contribution is 2.07. The van der Waals surface area contributed by atoms with Crippen LogP contribution in [0.3, 0.4) is 0 Å². The van der Waals surface area contributed by atoms with E-state index < -0.39 is 10.0 Å². The topological polar surface area (TPSA) is 87.2 Å². The molecule has 1 unspecified atom stereocenters. The summed E-state index contributed by atoms with van der Waals surface area (Å²) >= 11 is 0. The van der Waals surface area contributed by atoms with E-state index in [1.165, 1.54) is 12.4 Å². The number of anilines is 1. The molecule has 0 saturated heterocycles. The summed E-state index contributed by atoms with van der Waals surface area (Å²) in [6.07, 6.45) is 3.61. The molecule has 0 amide bonds. The van der Waals surface area contributed by atoms with Gasteiger partial charge in [0.15, 0.2) is 0 Å². The van der Waals surface area contributed by atoms with Gasteiger partial charge in [0.2, 0.25) is 16.0 Å². The fourth-order valence-corrected chi connectivity index (χ4v) is 2.47. The second kappa shape index (κ2) is 7.51. The maximum atomic E-state index is 12.0. The van der Waals surface area contributed by atoms with Gasteiger partial charge in [0.1, 0.15) is 4.90 Å². The first kappa shape index (κ1) is 16.8. The molecule has 8 heteroatoms. The van der Waals surface area contributed by atoms with E-state index in [1.807, 2.05) is 7.05 Å². The Morgan fingerprint density at radius 2 is 1.95 bits per heavy atom. The van der Waals surface area contributed by atoms with Crippen molar-refractivity contribution in [1.82, 2.24) is 19.6 Å². The molecule has 0 aliphatic rings. The molecule has 1 aromatic rings. The smallest absolute Gasteiger partial charge is 0.243 e. The number of aromatic nitrogens is 2. The summed E-state index contributed by atoms with van der Waals surface area (Å²) in [5.74, 6) is 0.389. The highest BCUT2D eigenvalue weighted by atomic mass is 32.2. The predicted octanol–water partition coefficient (Wildman–Crippen LogP) is 0.527. The van der Waals surface area contributed by atoms with E-state index in [9.17, 15) is 8.42 Å². The van der Waals surface area contributed by atoms with Crippen LogP contribution in [0.15, 0.2) is 17.3 Å². The van der Waals surface area contributed by atoms with Crippen LogP contribution in [0, 0.1) is 0 Å². The Balaban J connectivity index is 2.57. The van der Waals surface area contributed by atoms with Gasteiger partial charge in [-0.1, -0.05) is 6.92 Å². The second-order valence-electron chi connectivity index (χ2n) is 4.63. The first-order chi connectivity index (χ1) is 9.40. The van der Waals surface area contributed by atoms with E-state index in [-0.39, 0.29) is 4.90 Å². The van der Waals surface area contributed by atoms with Crippen molar-refractivity contribution < 1.29 is 8.42 Å². The molecule has 0 aliphatic carbocycles. The summed E-state index contributed by atoms with van der Waals surface area (Å²) in [6.45, 7) is 5.23. The van der Waals surface area contributed by atoms with Crippen molar-refractivity contribution in [3.05, 3.63) is 12.4 Å². The van der Waals surface area contributed by atoms with Gasteiger partial charge in [0.05, 0.1) is 12.4 Å². The van der Waals surface area contributed by atoms with Crippen molar-refractivity contribution in [2.75, 3.05) is 32.5 Å². The average molecular weight is 301 g/mol. The lowest BCUT2D eigenvalue weighted by Gasteiger charge is -2.23. The molecular weight excluding hydrogens is 278 g/mol. The maximum Gasteiger partial charge on any atom is 0.243 e. The monoisotopic (exact) mass is 301 g/mol. The molecule has 0 aliphatic heterocycles. The average Bonchev–Trinajstić information content (AvgIpc) is 2.46. The summed E-state index contributed by atoms with van der Waals surface area (Å²) in [4.78, 5) is 9.98. The minimum Gasteiger partial charge on any atom is -0.357 e. The SMILES string of the molecule is CCC(C)N(C)CCNS(=O)(=O)c1cnc(NC)nc1. The van der Waals surface area contributed by atoms with Crippen molar-refractivity contribution in [2.45, 2.75) is 31.2 Å². The fraction of sp³-hybridized carbons (Fsp3) is 0.667. The molecule has 0 fully saturated rings. The van der Waals surface area contributed by atoms with Crippen molar-refractivity contribution >= 4 is 16.0 Å². The Kier molecular flexibility index (Phi) is 6.31. The Morgan fingerprint density at radius 1 is 1.35 bits per heavy atom. The van der Waals surface area contributed by atoms with Crippen LogP contribution in [0.25, 0.3) is 0 Å². The molecule has 0 spiro atoms. The van der Waals surface area contributed by atoms with E-state index in [0.29, 0.717) is 25.1 Å². The molecule has 1 atom stereocenters. The third-order valence-corrected chi connectivity index (χ3v) is 4.68. The molecule has 114 valence electrons. The van der Waals surface area contributed by atoms with E-state index in [0.717, 1.165) is 6.42 Å². The van der Waals surface area contributed by atoms with Gasteiger partial charge < -0.3 is 10.2 Å². The van der Waals surface area contributed by atoms with Gasteiger partial charge in [-0.05, 0) is 20.4 Å². The van der Waals surface area contributed by atoms with Gasteiger partial charge in [-0.25, -0.2) is 23.1 Å². The van der Waals surface area contributed by atoms with Crippen LogP contribution < -0.4 is 10.0 Å². The van der Waals surface area contributed by atoms with E-state index >= 15 is 0 Å². The summed E-state index contributed by atoms with van der Waals surface area (Å²) in [7, 11) is 0.110. The molecule has 20 heavy (non-hydrogen) atoms. The van der Waals surface area contributed by atoms with Crippen LogP contribution in [0.5, 0.6) is 0 Å². The number of nitrogens with one attached hydrogen (secondary N) is 2. The first-order valence-electron chi connectivity index (χ1n) is 6.60. The van der Waals surface area contributed by atoms with E-state index in [4.69, 9.17) is 0 Å². The number of sulfonamides is 1. The number of nitrogens with zero attached hydrogens (tertiary/aromatic N) is 3. The third-order valence-electron chi connectivity index (χ3n) is 3.26. The van der Waals surface area contributed by atoms with Gasteiger partial charge in [0.25, 0.3) is 0 Å². The Morgan fingerprint density at radius 3 is 2.45 bits per heavy atom. The van der Waals surface area contributed by atoms with Crippen molar-refractivity contribution in [3.63, 3.8) is 0 Å². The Bertz CT molecular complexity index is 503. The predicted molar refractivity (Wildman–Crippen MR) is 79.2 cm³/mol. The molecular formula is C12H23N5O2S. The molecule has 1 aromatic heterocycles. The minimum atomic E-state index is -3.54. The lowest BCUT2D eigenvalue weighted by atomic mass is 10.2. The van der Waals surface area contributed by atoms with Gasteiger partial charge in [-0.15, -0.1) is 0 Å². The molecule has 7 nitrogen and oxygen atoms in total. The highest BCUT2D eigenvalue weighted by molar-refractivity contribution is 7.89. The maximum absolute atomic E-state index is 12.0. The molecule has 0 saturated carbocycles. The largest absolute Gasteiger partial charge is 0.357 e. The quantitative estimate of drug-likeness (QED) is 0.728. The lowest BCUT2D eigenvalue weighted by molar-refractivity contribution is 0.256. The third kappa shape index (κ3) is 4.69. The second-order valence-corrected chi connectivity index (χ2v) is 6.39. The van der Waals surface area contributed by atoms with E-state index in [2.05, 4.69) is 38.8 Å².